The lowest BCUT2D eigenvalue weighted by Gasteiger charge is -2.37. The molecule has 1 heterocycles. The number of hydrogen-bond donors (Lipinski definition) is 2. The van der Waals surface area contributed by atoms with Crippen LogP contribution in [0.3, 0.4) is 0 Å². The Balaban J connectivity index is 2.41. The average molecular weight is 158 g/mol. The summed E-state index contributed by atoms with van der Waals surface area (Å²) in [6.45, 7) is 2.47. The molecular weight excluding hydrogens is 140 g/mol. The smallest absolute Gasteiger partial charge is 0.0786 e. The minimum Gasteiger partial charge on any atom is -0.389 e. The number of nitrogens with zero attached hydrogens (tertiary/aromatic N) is 1. The predicted octanol–water partition coefficient (Wildman–Crippen LogP) is -0.208. The molecule has 1 atom stereocenters. The van der Waals surface area contributed by atoms with E-state index in [0.29, 0.717) is 6.54 Å². The Bertz CT molecular complexity index is 125. The Labute approximate surface area is 68.2 Å². The molecule has 0 spiro atoms. The van der Waals surface area contributed by atoms with Crippen LogP contribution < -0.4 is 5.73 Å². The van der Waals surface area contributed by atoms with Gasteiger partial charge in [-0.15, -0.1) is 0 Å². The van der Waals surface area contributed by atoms with Crippen LogP contribution in [0.25, 0.3) is 0 Å². The van der Waals surface area contributed by atoms with E-state index < -0.39 is 5.60 Å². The van der Waals surface area contributed by atoms with Crippen LogP contribution in [-0.2, 0) is 0 Å². The summed E-state index contributed by atoms with van der Waals surface area (Å²) >= 11 is 0. The molecule has 0 aromatic carbocycles. The summed E-state index contributed by atoms with van der Waals surface area (Å²) in [5, 5.41) is 9.92. The lowest BCUT2D eigenvalue weighted by atomic mass is 9.90. The first-order valence-electron chi connectivity index (χ1n) is 4.27. The van der Waals surface area contributed by atoms with Gasteiger partial charge in [-0.1, -0.05) is 0 Å². The van der Waals surface area contributed by atoms with Gasteiger partial charge < -0.3 is 15.7 Å². The number of β-amino-alcohol motifs (C(OH)–C–C–N with tert-alkyl or cyclic N) is 1. The summed E-state index contributed by atoms with van der Waals surface area (Å²) < 4.78 is 0. The van der Waals surface area contributed by atoms with Gasteiger partial charge in [0.25, 0.3) is 0 Å². The van der Waals surface area contributed by atoms with Gasteiger partial charge in [0, 0.05) is 6.54 Å². The van der Waals surface area contributed by atoms with E-state index in [4.69, 9.17) is 5.73 Å². The van der Waals surface area contributed by atoms with E-state index in [0.717, 1.165) is 32.4 Å². The van der Waals surface area contributed by atoms with E-state index in [2.05, 4.69) is 4.90 Å². The third-order valence-corrected chi connectivity index (χ3v) is 2.36. The second-order valence-corrected chi connectivity index (χ2v) is 3.60. The third-order valence-electron chi connectivity index (χ3n) is 2.36. The van der Waals surface area contributed by atoms with Crippen molar-refractivity contribution in [1.29, 1.82) is 0 Å². The van der Waals surface area contributed by atoms with Crippen molar-refractivity contribution in [2.75, 3.05) is 26.7 Å². The second-order valence-electron chi connectivity index (χ2n) is 3.60. The molecule has 1 rings (SSSR count). The summed E-state index contributed by atoms with van der Waals surface area (Å²) in [6, 6.07) is 0. The Kier molecular flexibility index (Phi) is 2.87. The zero-order valence-corrected chi connectivity index (χ0v) is 7.21. The highest BCUT2D eigenvalue weighted by Gasteiger charge is 2.30. The first kappa shape index (κ1) is 8.97. The molecule has 3 N–H and O–H groups in total. The minimum absolute atomic E-state index is 0.498. The predicted molar refractivity (Wildman–Crippen MR) is 45.4 cm³/mol. The number of aliphatic hydroxyl groups is 1. The molecule has 1 fully saturated rings. The van der Waals surface area contributed by atoms with Gasteiger partial charge in [0.1, 0.15) is 0 Å². The molecule has 1 unspecified atom stereocenters. The zero-order valence-electron chi connectivity index (χ0n) is 7.21. The SMILES string of the molecule is CN1CCCC(O)(CCN)C1. The van der Waals surface area contributed by atoms with Gasteiger partial charge in [0.15, 0.2) is 0 Å². The van der Waals surface area contributed by atoms with Crippen molar-refractivity contribution in [2.24, 2.45) is 5.73 Å². The molecule has 1 aliphatic rings. The first-order valence-corrected chi connectivity index (χ1v) is 4.27. The molecule has 11 heavy (non-hydrogen) atoms. The quantitative estimate of drug-likeness (QED) is 0.585. The van der Waals surface area contributed by atoms with Gasteiger partial charge in [0.2, 0.25) is 0 Å². The molecule has 0 aromatic heterocycles. The largest absolute Gasteiger partial charge is 0.389 e. The van der Waals surface area contributed by atoms with Crippen LogP contribution in [0, 0.1) is 0 Å². The lowest BCUT2D eigenvalue weighted by molar-refractivity contribution is -0.0273. The second kappa shape index (κ2) is 3.52. The molecule has 0 bridgehead atoms. The molecule has 3 nitrogen and oxygen atoms in total. The van der Waals surface area contributed by atoms with Crippen molar-refractivity contribution >= 4 is 0 Å². The van der Waals surface area contributed by atoms with Crippen LogP contribution in [0.4, 0.5) is 0 Å². The number of piperidine rings is 1. The van der Waals surface area contributed by atoms with Crippen molar-refractivity contribution in [3.8, 4) is 0 Å². The maximum Gasteiger partial charge on any atom is 0.0786 e. The van der Waals surface area contributed by atoms with Gasteiger partial charge in [0.05, 0.1) is 5.60 Å². The van der Waals surface area contributed by atoms with Crippen LogP contribution in [-0.4, -0.2) is 42.3 Å². The van der Waals surface area contributed by atoms with E-state index in [-0.39, 0.29) is 0 Å². The monoisotopic (exact) mass is 158 g/mol. The van der Waals surface area contributed by atoms with Crippen LogP contribution in [0.2, 0.25) is 0 Å². The van der Waals surface area contributed by atoms with Crippen LogP contribution in [0.1, 0.15) is 19.3 Å². The van der Waals surface area contributed by atoms with Crippen molar-refractivity contribution in [3.05, 3.63) is 0 Å². The highest BCUT2D eigenvalue weighted by molar-refractivity contribution is 4.85. The van der Waals surface area contributed by atoms with E-state index in [9.17, 15) is 5.11 Å². The Morgan fingerprint density at radius 2 is 2.36 bits per heavy atom. The summed E-state index contributed by atoms with van der Waals surface area (Å²) in [5.41, 5.74) is 4.91. The minimum atomic E-state index is -0.498. The Morgan fingerprint density at radius 1 is 1.64 bits per heavy atom. The Morgan fingerprint density at radius 3 is 2.91 bits per heavy atom. The molecule has 0 aromatic rings. The fraction of sp³-hybridized carbons (Fsp3) is 1.00. The molecule has 0 saturated carbocycles. The summed E-state index contributed by atoms with van der Waals surface area (Å²) in [5.74, 6) is 0. The first-order chi connectivity index (χ1) is 5.16. The fourth-order valence-electron chi connectivity index (χ4n) is 1.81. The van der Waals surface area contributed by atoms with E-state index in [1.165, 1.54) is 0 Å². The van der Waals surface area contributed by atoms with Crippen molar-refractivity contribution in [1.82, 2.24) is 4.90 Å². The Hall–Kier alpha value is -0.120. The molecule has 3 heteroatoms. The molecule has 0 aliphatic carbocycles. The maximum atomic E-state index is 9.92. The van der Waals surface area contributed by atoms with E-state index >= 15 is 0 Å². The number of hydrogen-bond acceptors (Lipinski definition) is 3. The van der Waals surface area contributed by atoms with Crippen molar-refractivity contribution < 1.29 is 5.11 Å². The van der Waals surface area contributed by atoms with Crippen molar-refractivity contribution in [2.45, 2.75) is 24.9 Å². The lowest BCUT2D eigenvalue weighted by Crippen LogP contribution is -2.47. The average Bonchev–Trinajstić information content (AvgIpc) is 1.86. The third kappa shape index (κ3) is 2.43. The highest BCUT2D eigenvalue weighted by atomic mass is 16.3. The molecular formula is C8H18N2O. The van der Waals surface area contributed by atoms with Gasteiger partial charge in [-0.25, -0.2) is 0 Å². The van der Waals surface area contributed by atoms with E-state index in [1.54, 1.807) is 0 Å². The summed E-state index contributed by atoms with van der Waals surface area (Å²) in [6.07, 6.45) is 2.74. The number of rotatable bonds is 2. The van der Waals surface area contributed by atoms with Crippen LogP contribution >= 0.6 is 0 Å². The molecule has 1 aliphatic heterocycles. The van der Waals surface area contributed by atoms with Crippen LogP contribution in [0.15, 0.2) is 0 Å². The number of likely N-dealkylation sites (tertiary alicyclic amines) is 1. The normalized spacial score (nSPS) is 34.1. The maximum absolute atomic E-state index is 9.92. The molecule has 0 amide bonds. The molecule has 1 saturated heterocycles. The highest BCUT2D eigenvalue weighted by Crippen LogP contribution is 2.22. The molecule has 0 radical (unpaired) electrons. The standard InChI is InChI=1S/C8H18N2O/c1-10-6-2-3-8(11,7-10)4-5-9/h11H,2-7,9H2,1H3. The van der Waals surface area contributed by atoms with Gasteiger partial charge >= 0.3 is 0 Å². The number of likely N-dealkylation sites (N-methyl/N-ethyl adjacent to an activating group) is 1. The van der Waals surface area contributed by atoms with Gasteiger partial charge in [-0.2, -0.15) is 0 Å². The zero-order chi connectivity index (χ0) is 8.32. The topological polar surface area (TPSA) is 49.5 Å². The van der Waals surface area contributed by atoms with Crippen molar-refractivity contribution in [3.63, 3.8) is 0 Å². The number of nitrogens with two attached hydrogens (primary N) is 1. The van der Waals surface area contributed by atoms with Gasteiger partial charge in [-0.05, 0) is 39.4 Å². The van der Waals surface area contributed by atoms with Crippen LogP contribution in [0.5, 0.6) is 0 Å². The summed E-state index contributed by atoms with van der Waals surface area (Å²) in [4.78, 5) is 2.17. The van der Waals surface area contributed by atoms with Gasteiger partial charge in [-0.3, -0.25) is 0 Å². The van der Waals surface area contributed by atoms with E-state index in [1.807, 2.05) is 7.05 Å². The fourth-order valence-corrected chi connectivity index (χ4v) is 1.81. The summed E-state index contributed by atoms with van der Waals surface area (Å²) in [7, 11) is 2.04. The molecule has 66 valence electrons.